The van der Waals surface area contributed by atoms with Crippen molar-refractivity contribution >= 4 is 17.7 Å². The van der Waals surface area contributed by atoms with E-state index in [4.69, 9.17) is 0 Å². The second-order valence-electron chi connectivity index (χ2n) is 6.64. The van der Waals surface area contributed by atoms with E-state index in [0.717, 1.165) is 23.0 Å². The Bertz CT molecular complexity index is 769. The molecule has 5 nitrogen and oxygen atoms in total. The average molecular weight is 371 g/mol. The van der Waals surface area contributed by atoms with Crippen molar-refractivity contribution in [2.45, 2.75) is 49.4 Å². The number of carbonyl (C=O) groups excluding carboxylic acids is 1. The van der Waals surface area contributed by atoms with Gasteiger partial charge in [0.05, 0.1) is 5.25 Å². The molecule has 1 aliphatic rings. The van der Waals surface area contributed by atoms with Crippen molar-refractivity contribution in [3.8, 4) is 11.4 Å². The van der Waals surface area contributed by atoms with Crippen LogP contribution in [0.1, 0.15) is 39.0 Å². The van der Waals surface area contributed by atoms with Crippen molar-refractivity contribution < 1.29 is 4.79 Å². The number of allylic oxidation sites excluding steroid dienone is 1. The molecule has 0 saturated carbocycles. The van der Waals surface area contributed by atoms with Crippen LogP contribution in [-0.2, 0) is 11.8 Å². The molecule has 138 valence electrons. The van der Waals surface area contributed by atoms with Crippen molar-refractivity contribution in [3.63, 3.8) is 0 Å². The quantitative estimate of drug-likeness (QED) is 0.592. The van der Waals surface area contributed by atoms with E-state index in [2.05, 4.69) is 21.6 Å². The zero-order chi connectivity index (χ0) is 18.4. The van der Waals surface area contributed by atoms with Gasteiger partial charge in [-0.3, -0.25) is 4.79 Å². The van der Waals surface area contributed by atoms with Crippen LogP contribution in [0.5, 0.6) is 0 Å². The number of nitrogens with zero attached hydrogens (tertiary/aromatic N) is 3. The topological polar surface area (TPSA) is 59.8 Å². The largest absolute Gasteiger partial charge is 0.355 e. The molecule has 1 aromatic heterocycles. The number of amides is 1. The summed E-state index contributed by atoms with van der Waals surface area (Å²) in [6.45, 7) is 2.63. The number of aromatic nitrogens is 3. The molecular formula is C20H26N4OS. The van der Waals surface area contributed by atoms with Gasteiger partial charge in [-0.15, -0.1) is 10.2 Å². The molecule has 0 spiro atoms. The van der Waals surface area contributed by atoms with Crippen LogP contribution in [0.3, 0.4) is 0 Å². The zero-order valence-electron chi connectivity index (χ0n) is 15.4. The molecule has 0 aliphatic heterocycles. The van der Waals surface area contributed by atoms with Crippen LogP contribution < -0.4 is 5.32 Å². The van der Waals surface area contributed by atoms with E-state index in [1.54, 1.807) is 0 Å². The first kappa shape index (κ1) is 18.7. The first-order valence-corrected chi connectivity index (χ1v) is 10.1. The van der Waals surface area contributed by atoms with Gasteiger partial charge in [0, 0.05) is 19.2 Å². The molecular weight excluding hydrogens is 344 g/mol. The Kier molecular flexibility index (Phi) is 6.50. The monoisotopic (exact) mass is 370 g/mol. The van der Waals surface area contributed by atoms with E-state index in [9.17, 15) is 4.79 Å². The van der Waals surface area contributed by atoms with Gasteiger partial charge in [-0.1, -0.05) is 53.7 Å². The van der Waals surface area contributed by atoms with E-state index in [-0.39, 0.29) is 11.2 Å². The van der Waals surface area contributed by atoms with E-state index < -0.39 is 0 Å². The Balaban J connectivity index is 1.52. The highest BCUT2D eigenvalue weighted by Crippen LogP contribution is 2.25. The predicted molar refractivity (Wildman–Crippen MR) is 106 cm³/mol. The maximum Gasteiger partial charge on any atom is 0.233 e. The number of carbonyl (C=O) groups is 1. The molecule has 0 saturated heterocycles. The smallest absolute Gasteiger partial charge is 0.233 e. The molecule has 1 N–H and O–H groups in total. The van der Waals surface area contributed by atoms with Gasteiger partial charge < -0.3 is 9.88 Å². The van der Waals surface area contributed by atoms with E-state index in [1.807, 2.05) is 48.9 Å². The standard InChI is InChI=1S/C20H26N4OS/c1-15(19(25)21-14-13-16-9-5-3-6-10-16)26-20-23-22-18(24(20)2)17-11-7-4-8-12-17/h4,7-9,11-12,15H,3,5-6,10,13-14H2,1-2H3,(H,21,25)/t15-/m0/s1. The first-order chi connectivity index (χ1) is 12.6. The number of nitrogens with one attached hydrogen (secondary N) is 1. The second-order valence-corrected chi connectivity index (χ2v) is 7.95. The highest BCUT2D eigenvalue weighted by Gasteiger charge is 2.19. The lowest BCUT2D eigenvalue weighted by atomic mass is 9.97. The number of rotatable bonds is 7. The summed E-state index contributed by atoms with van der Waals surface area (Å²) in [6.07, 6.45) is 8.24. The zero-order valence-corrected chi connectivity index (χ0v) is 16.3. The van der Waals surface area contributed by atoms with Crippen molar-refractivity contribution in [2.75, 3.05) is 6.54 Å². The molecule has 1 atom stereocenters. The van der Waals surface area contributed by atoms with Crippen molar-refractivity contribution in [3.05, 3.63) is 42.0 Å². The molecule has 1 aliphatic carbocycles. The molecule has 1 aromatic carbocycles. The molecule has 0 unspecified atom stereocenters. The molecule has 1 amide bonds. The van der Waals surface area contributed by atoms with Gasteiger partial charge in [0.15, 0.2) is 11.0 Å². The Morgan fingerprint density at radius 2 is 2.08 bits per heavy atom. The minimum atomic E-state index is -0.207. The average Bonchev–Trinajstić information content (AvgIpc) is 3.03. The lowest BCUT2D eigenvalue weighted by Gasteiger charge is -2.14. The lowest BCUT2D eigenvalue weighted by molar-refractivity contribution is -0.120. The molecule has 3 rings (SSSR count). The molecule has 1 heterocycles. The van der Waals surface area contributed by atoms with Crippen molar-refractivity contribution in [1.82, 2.24) is 20.1 Å². The van der Waals surface area contributed by atoms with E-state index in [0.29, 0.717) is 6.54 Å². The normalized spacial score (nSPS) is 15.4. The second kappa shape index (κ2) is 9.03. The maximum absolute atomic E-state index is 12.4. The summed E-state index contributed by atoms with van der Waals surface area (Å²) in [5.74, 6) is 0.862. The number of thioether (sulfide) groups is 1. The van der Waals surface area contributed by atoms with Gasteiger partial charge in [0.1, 0.15) is 0 Å². The molecule has 0 fully saturated rings. The van der Waals surface area contributed by atoms with Crippen LogP contribution >= 0.6 is 11.8 Å². The van der Waals surface area contributed by atoms with E-state index in [1.165, 1.54) is 43.0 Å². The van der Waals surface area contributed by atoms with Crippen LogP contribution in [0.4, 0.5) is 0 Å². The van der Waals surface area contributed by atoms with Crippen molar-refractivity contribution in [2.24, 2.45) is 7.05 Å². The fourth-order valence-electron chi connectivity index (χ4n) is 3.09. The summed E-state index contributed by atoms with van der Waals surface area (Å²) in [7, 11) is 1.94. The van der Waals surface area contributed by atoms with E-state index >= 15 is 0 Å². The summed E-state index contributed by atoms with van der Waals surface area (Å²) in [6, 6.07) is 9.96. The van der Waals surface area contributed by atoms with Gasteiger partial charge in [-0.25, -0.2) is 0 Å². The molecule has 26 heavy (non-hydrogen) atoms. The Labute approximate surface area is 159 Å². The Morgan fingerprint density at radius 1 is 1.27 bits per heavy atom. The van der Waals surface area contributed by atoms with Crippen LogP contribution in [0.15, 0.2) is 47.1 Å². The van der Waals surface area contributed by atoms with Gasteiger partial charge in [0.25, 0.3) is 0 Å². The summed E-state index contributed by atoms with van der Waals surface area (Å²) in [4.78, 5) is 12.4. The highest BCUT2D eigenvalue weighted by molar-refractivity contribution is 8.00. The number of benzene rings is 1. The summed E-state index contributed by atoms with van der Waals surface area (Å²) in [5.41, 5.74) is 2.50. The fourth-order valence-corrected chi connectivity index (χ4v) is 3.93. The first-order valence-electron chi connectivity index (χ1n) is 9.22. The summed E-state index contributed by atoms with van der Waals surface area (Å²) >= 11 is 1.44. The van der Waals surface area contributed by atoms with Gasteiger partial charge >= 0.3 is 0 Å². The Hall–Kier alpha value is -2.08. The van der Waals surface area contributed by atoms with Crippen LogP contribution in [0.2, 0.25) is 0 Å². The molecule has 6 heteroatoms. The third-order valence-electron chi connectivity index (χ3n) is 4.65. The third kappa shape index (κ3) is 4.75. The molecule has 2 aromatic rings. The van der Waals surface area contributed by atoms with Crippen LogP contribution in [0, 0.1) is 0 Å². The van der Waals surface area contributed by atoms with Crippen LogP contribution in [0.25, 0.3) is 11.4 Å². The fraction of sp³-hybridized carbons (Fsp3) is 0.450. The minimum absolute atomic E-state index is 0.0515. The van der Waals surface area contributed by atoms with Crippen LogP contribution in [-0.4, -0.2) is 32.5 Å². The molecule has 0 radical (unpaired) electrons. The van der Waals surface area contributed by atoms with Gasteiger partial charge in [-0.2, -0.15) is 0 Å². The van der Waals surface area contributed by atoms with Gasteiger partial charge in [0.2, 0.25) is 5.91 Å². The van der Waals surface area contributed by atoms with Gasteiger partial charge in [-0.05, 0) is 39.0 Å². The lowest BCUT2D eigenvalue weighted by Crippen LogP contribution is -2.32. The predicted octanol–water partition coefficient (Wildman–Crippen LogP) is 3.97. The molecule has 0 bridgehead atoms. The third-order valence-corrected chi connectivity index (χ3v) is 5.78. The maximum atomic E-state index is 12.4. The number of hydrogen-bond acceptors (Lipinski definition) is 4. The minimum Gasteiger partial charge on any atom is -0.355 e. The highest BCUT2D eigenvalue weighted by atomic mass is 32.2. The van der Waals surface area contributed by atoms with Crippen molar-refractivity contribution in [1.29, 1.82) is 0 Å². The Morgan fingerprint density at radius 3 is 2.81 bits per heavy atom. The SMILES string of the molecule is C[C@H](Sc1nnc(-c2ccccc2)n1C)C(=O)NCCC1=CCCCC1. The number of hydrogen-bond donors (Lipinski definition) is 1. The summed E-state index contributed by atoms with van der Waals surface area (Å²) < 4.78 is 1.94. The summed E-state index contributed by atoms with van der Waals surface area (Å²) in [5, 5.41) is 12.1.